The van der Waals surface area contributed by atoms with E-state index in [9.17, 15) is 4.79 Å². The lowest BCUT2D eigenvalue weighted by molar-refractivity contribution is 0.136. The molecule has 0 atom stereocenters. The highest BCUT2D eigenvalue weighted by Crippen LogP contribution is 1.98. The third-order valence-corrected chi connectivity index (χ3v) is 2.45. The third-order valence-electron chi connectivity index (χ3n) is 2.45. The summed E-state index contributed by atoms with van der Waals surface area (Å²) >= 11 is 0. The lowest BCUT2D eigenvalue weighted by atomic mass is 10.3. The summed E-state index contributed by atoms with van der Waals surface area (Å²) in [5.41, 5.74) is 10.5. The fraction of sp³-hybridized carbons (Fsp3) is 0.875. The van der Waals surface area contributed by atoms with Gasteiger partial charge >= 0.3 is 6.03 Å². The van der Waals surface area contributed by atoms with Crippen LogP contribution in [0, 0.1) is 0 Å². The molecule has 1 rings (SSSR count). The van der Waals surface area contributed by atoms with Gasteiger partial charge in [-0.3, -0.25) is 9.80 Å². The maximum absolute atomic E-state index is 10.4. The number of nitrogens with zero attached hydrogens (tertiary/aromatic N) is 2. The molecule has 14 heavy (non-hydrogen) atoms. The maximum Gasteiger partial charge on any atom is 0.312 e. The first kappa shape index (κ1) is 11.2. The monoisotopic (exact) mass is 201 g/mol. The van der Waals surface area contributed by atoms with Gasteiger partial charge in [0.15, 0.2) is 0 Å². The van der Waals surface area contributed by atoms with Crippen molar-refractivity contribution in [1.82, 2.24) is 15.1 Å². The first-order valence-electron chi connectivity index (χ1n) is 4.90. The number of rotatable bonds is 4. The molecule has 0 radical (unpaired) electrons. The second kappa shape index (κ2) is 5.79. The molecule has 6 heteroatoms. The summed E-state index contributed by atoms with van der Waals surface area (Å²) in [6.07, 6.45) is 0. The van der Waals surface area contributed by atoms with Crippen LogP contribution in [0.3, 0.4) is 0 Å². The molecule has 0 aromatic rings. The van der Waals surface area contributed by atoms with Gasteiger partial charge in [-0.15, -0.1) is 0 Å². The van der Waals surface area contributed by atoms with Crippen molar-refractivity contribution in [3.63, 3.8) is 0 Å². The minimum atomic E-state index is -0.453. The Labute approximate surface area is 84.2 Å². The second-order valence-corrected chi connectivity index (χ2v) is 3.43. The van der Waals surface area contributed by atoms with Crippen molar-refractivity contribution in [1.29, 1.82) is 0 Å². The van der Waals surface area contributed by atoms with E-state index in [1.54, 1.807) is 0 Å². The number of primary amides is 1. The molecule has 1 aliphatic rings. The number of amides is 2. The smallest absolute Gasteiger partial charge is 0.312 e. The largest absolute Gasteiger partial charge is 0.352 e. The summed E-state index contributed by atoms with van der Waals surface area (Å²) in [5.74, 6) is 0. The number of nitrogens with two attached hydrogens (primary N) is 2. The van der Waals surface area contributed by atoms with Crippen LogP contribution in [-0.2, 0) is 0 Å². The molecule has 0 bridgehead atoms. The molecule has 1 fully saturated rings. The van der Waals surface area contributed by atoms with E-state index in [-0.39, 0.29) is 0 Å². The van der Waals surface area contributed by atoms with Crippen LogP contribution in [0.25, 0.3) is 0 Å². The van der Waals surface area contributed by atoms with Crippen LogP contribution >= 0.6 is 0 Å². The number of piperazine rings is 1. The molecule has 0 saturated carbocycles. The molecule has 5 N–H and O–H groups in total. The Balaban J connectivity index is 2.07. The average Bonchev–Trinajstić information content (AvgIpc) is 2.18. The van der Waals surface area contributed by atoms with Crippen LogP contribution < -0.4 is 16.8 Å². The van der Waals surface area contributed by atoms with E-state index in [2.05, 4.69) is 15.1 Å². The fourth-order valence-electron chi connectivity index (χ4n) is 1.53. The van der Waals surface area contributed by atoms with E-state index in [1.807, 2.05) is 0 Å². The topological polar surface area (TPSA) is 87.6 Å². The van der Waals surface area contributed by atoms with Crippen molar-refractivity contribution >= 4 is 6.03 Å². The van der Waals surface area contributed by atoms with Crippen molar-refractivity contribution in [3.8, 4) is 0 Å². The molecular formula is C8H19N5O. The Morgan fingerprint density at radius 2 is 1.79 bits per heavy atom. The van der Waals surface area contributed by atoms with Crippen LogP contribution in [0.5, 0.6) is 0 Å². The predicted octanol–water partition coefficient (Wildman–Crippen LogP) is -1.81. The average molecular weight is 201 g/mol. The van der Waals surface area contributed by atoms with Crippen molar-refractivity contribution in [3.05, 3.63) is 0 Å². The zero-order valence-electron chi connectivity index (χ0n) is 8.41. The SMILES string of the molecule is NCN1CCN(CCNC(N)=O)CC1. The number of nitrogens with one attached hydrogen (secondary N) is 1. The van der Waals surface area contributed by atoms with E-state index >= 15 is 0 Å². The standard InChI is InChI=1S/C8H19N5O/c9-7-13-5-3-12(4-6-13)2-1-11-8(10)14/h1-7,9H2,(H3,10,11,14). The molecule has 1 heterocycles. The molecule has 1 aliphatic heterocycles. The van der Waals surface area contributed by atoms with Crippen molar-refractivity contribution in [2.45, 2.75) is 0 Å². The maximum atomic E-state index is 10.4. The summed E-state index contributed by atoms with van der Waals surface area (Å²) < 4.78 is 0. The predicted molar refractivity (Wildman–Crippen MR) is 54.7 cm³/mol. The Kier molecular flexibility index (Phi) is 4.64. The summed E-state index contributed by atoms with van der Waals surface area (Å²) in [6, 6.07) is -0.453. The highest BCUT2D eigenvalue weighted by atomic mass is 16.2. The van der Waals surface area contributed by atoms with Gasteiger partial charge in [0.25, 0.3) is 0 Å². The summed E-state index contributed by atoms with van der Waals surface area (Å²) in [6.45, 7) is 6.15. The molecule has 0 spiro atoms. The highest BCUT2D eigenvalue weighted by molar-refractivity contribution is 5.71. The van der Waals surface area contributed by atoms with Crippen molar-refractivity contribution < 1.29 is 4.79 Å². The Bertz CT molecular complexity index is 179. The van der Waals surface area contributed by atoms with Gasteiger partial charge in [-0.1, -0.05) is 0 Å². The second-order valence-electron chi connectivity index (χ2n) is 3.43. The summed E-state index contributed by atoms with van der Waals surface area (Å²) in [4.78, 5) is 14.9. The molecule has 82 valence electrons. The summed E-state index contributed by atoms with van der Waals surface area (Å²) in [5, 5.41) is 2.58. The van der Waals surface area contributed by atoms with E-state index in [4.69, 9.17) is 11.5 Å². The van der Waals surface area contributed by atoms with Crippen LogP contribution in [0.4, 0.5) is 4.79 Å². The van der Waals surface area contributed by atoms with E-state index in [1.165, 1.54) is 0 Å². The van der Waals surface area contributed by atoms with Gasteiger partial charge in [-0.05, 0) is 0 Å². The van der Waals surface area contributed by atoms with Crippen LogP contribution in [-0.4, -0.2) is 61.8 Å². The number of hydrogen-bond donors (Lipinski definition) is 3. The lowest BCUT2D eigenvalue weighted by Gasteiger charge is -2.33. The first-order valence-corrected chi connectivity index (χ1v) is 4.90. The van der Waals surface area contributed by atoms with E-state index in [0.717, 1.165) is 32.7 Å². The highest BCUT2D eigenvalue weighted by Gasteiger charge is 2.14. The minimum absolute atomic E-state index is 0.453. The van der Waals surface area contributed by atoms with Crippen LogP contribution in [0.1, 0.15) is 0 Å². The van der Waals surface area contributed by atoms with Gasteiger partial charge in [0.2, 0.25) is 0 Å². The Morgan fingerprint density at radius 3 is 2.29 bits per heavy atom. The molecule has 0 unspecified atom stereocenters. The quantitative estimate of drug-likeness (QED) is 0.500. The number of hydrogen-bond acceptors (Lipinski definition) is 4. The molecule has 0 aromatic heterocycles. The van der Waals surface area contributed by atoms with Crippen molar-refractivity contribution in [2.24, 2.45) is 11.5 Å². The van der Waals surface area contributed by atoms with Gasteiger partial charge in [-0.25, -0.2) is 4.79 Å². The van der Waals surface area contributed by atoms with Gasteiger partial charge in [0, 0.05) is 45.9 Å². The molecule has 0 aliphatic carbocycles. The minimum Gasteiger partial charge on any atom is -0.352 e. The summed E-state index contributed by atoms with van der Waals surface area (Å²) in [7, 11) is 0. The lowest BCUT2D eigenvalue weighted by Crippen LogP contribution is -2.50. The Morgan fingerprint density at radius 1 is 1.21 bits per heavy atom. The third kappa shape index (κ3) is 3.91. The van der Waals surface area contributed by atoms with Crippen LogP contribution in [0.2, 0.25) is 0 Å². The Hall–Kier alpha value is -0.850. The first-order chi connectivity index (χ1) is 6.72. The van der Waals surface area contributed by atoms with E-state index < -0.39 is 6.03 Å². The molecule has 2 amide bonds. The van der Waals surface area contributed by atoms with Gasteiger partial charge in [0.1, 0.15) is 0 Å². The molecule has 1 saturated heterocycles. The zero-order chi connectivity index (χ0) is 10.4. The fourth-order valence-corrected chi connectivity index (χ4v) is 1.53. The molecule has 0 aromatic carbocycles. The number of urea groups is 1. The van der Waals surface area contributed by atoms with Gasteiger partial charge in [-0.2, -0.15) is 0 Å². The normalized spacial score (nSPS) is 19.5. The van der Waals surface area contributed by atoms with E-state index in [0.29, 0.717) is 13.2 Å². The van der Waals surface area contributed by atoms with Crippen LogP contribution in [0.15, 0.2) is 0 Å². The van der Waals surface area contributed by atoms with Gasteiger partial charge < -0.3 is 16.8 Å². The number of carbonyl (C=O) groups is 1. The van der Waals surface area contributed by atoms with Crippen molar-refractivity contribution in [2.75, 3.05) is 45.9 Å². The molecular weight excluding hydrogens is 182 g/mol. The van der Waals surface area contributed by atoms with Gasteiger partial charge in [0.05, 0.1) is 0 Å². The molecule has 6 nitrogen and oxygen atoms in total. The number of carbonyl (C=O) groups excluding carboxylic acids is 1. The zero-order valence-corrected chi connectivity index (χ0v) is 8.41.